The van der Waals surface area contributed by atoms with E-state index in [1.807, 2.05) is 45.9 Å². The topological polar surface area (TPSA) is 70.1 Å². The summed E-state index contributed by atoms with van der Waals surface area (Å²) in [6.07, 6.45) is -0.585. The molecule has 0 saturated carbocycles. The van der Waals surface area contributed by atoms with Crippen LogP contribution in [0.25, 0.3) is 0 Å². The number of aliphatic carboxylic acids is 1. The van der Waals surface area contributed by atoms with Crippen LogP contribution >= 0.6 is 0 Å². The van der Waals surface area contributed by atoms with Gasteiger partial charge in [-0.3, -0.25) is 9.69 Å². The lowest BCUT2D eigenvalue weighted by Gasteiger charge is -2.29. The summed E-state index contributed by atoms with van der Waals surface area (Å²) < 4.78 is 5.39. The zero-order chi connectivity index (χ0) is 15.9. The highest BCUT2D eigenvalue weighted by Gasteiger charge is 2.55. The standard InChI is InChI=1S/C16H21NO4/c1-9-7-6-8-10(2)12(9)17(11(3)15(19)20)14(18)13-16(4,5)21-13/h6-8,11,13H,1-5H3,(H,19,20)/t11-,13?/m0/s1. The molecule has 1 aliphatic heterocycles. The van der Waals surface area contributed by atoms with E-state index in [0.717, 1.165) is 11.1 Å². The molecule has 0 aliphatic carbocycles. The fraction of sp³-hybridized carbons (Fsp3) is 0.500. The number of hydrogen-bond donors (Lipinski definition) is 1. The van der Waals surface area contributed by atoms with Gasteiger partial charge in [-0.15, -0.1) is 0 Å². The SMILES string of the molecule is Cc1cccc(C)c1N(C(=O)C1OC1(C)C)[C@@H](C)C(=O)O. The first-order valence-corrected chi connectivity index (χ1v) is 6.96. The van der Waals surface area contributed by atoms with Crippen molar-refractivity contribution in [2.24, 2.45) is 0 Å². The molecule has 1 aliphatic rings. The van der Waals surface area contributed by atoms with Crippen LogP contribution in [0.15, 0.2) is 18.2 Å². The van der Waals surface area contributed by atoms with Gasteiger partial charge in [0.2, 0.25) is 0 Å². The number of carboxylic acid groups (broad SMARTS) is 1. The van der Waals surface area contributed by atoms with E-state index in [1.54, 1.807) is 0 Å². The third kappa shape index (κ3) is 2.78. The highest BCUT2D eigenvalue weighted by Crippen LogP contribution is 2.39. The molecule has 114 valence electrons. The molecule has 0 spiro atoms. The van der Waals surface area contributed by atoms with Gasteiger partial charge >= 0.3 is 5.97 Å². The van der Waals surface area contributed by atoms with Gasteiger partial charge in [-0.2, -0.15) is 0 Å². The van der Waals surface area contributed by atoms with E-state index in [2.05, 4.69) is 0 Å². The normalized spacial score (nSPS) is 20.7. The minimum absolute atomic E-state index is 0.299. The Kier molecular flexibility index (Phi) is 3.80. The molecule has 1 unspecified atom stereocenters. The van der Waals surface area contributed by atoms with E-state index in [4.69, 9.17) is 4.74 Å². The van der Waals surface area contributed by atoms with Gasteiger partial charge in [0.1, 0.15) is 6.04 Å². The molecule has 1 N–H and O–H groups in total. The second-order valence-electron chi connectivity index (χ2n) is 6.06. The molecule has 1 aromatic rings. The van der Waals surface area contributed by atoms with Crippen LogP contribution in [-0.4, -0.2) is 34.7 Å². The van der Waals surface area contributed by atoms with Gasteiger partial charge in [-0.05, 0) is 45.7 Å². The molecule has 0 aromatic heterocycles. The quantitative estimate of drug-likeness (QED) is 0.864. The van der Waals surface area contributed by atoms with Crippen LogP contribution in [0.2, 0.25) is 0 Å². The van der Waals surface area contributed by atoms with E-state index in [-0.39, 0.29) is 5.91 Å². The maximum absolute atomic E-state index is 12.7. The number of nitrogens with zero attached hydrogens (tertiary/aromatic N) is 1. The number of hydrogen-bond acceptors (Lipinski definition) is 3. The van der Waals surface area contributed by atoms with Crippen molar-refractivity contribution in [3.8, 4) is 0 Å². The van der Waals surface area contributed by atoms with E-state index < -0.39 is 23.7 Å². The van der Waals surface area contributed by atoms with Gasteiger partial charge in [-0.1, -0.05) is 18.2 Å². The molecule has 0 radical (unpaired) electrons. The maximum Gasteiger partial charge on any atom is 0.326 e. The first-order valence-electron chi connectivity index (χ1n) is 6.96. The predicted molar refractivity (Wildman–Crippen MR) is 79.5 cm³/mol. The number of rotatable bonds is 4. The largest absolute Gasteiger partial charge is 0.480 e. The molecule has 21 heavy (non-hydrogen) atoms. The van der Waals surface area contributed by atoms with Crippen LogP contribution in [0.3, 0.4) is 0 Å². The Hall–Kier alpha value is -1.88. The number of carbonyl (C=O) groups excluding carboxylic acids is 1. The van der Waals surface area contributed by atoms with Gasteiger partial charge < -0.3 is 9.84 Å². The van der Waals surface area contributed by atoms with Crippen LogP contribution in [-0.2, 0) is 14.3 Å². The molecule has 1 heterocycles. The number of para-hydroxylation sites is 1. The number of anilines is 1. The van der Waals surface area contributed by atoms with Crippen LogP contribution < -0.4 is 4.90 Å². The summed E-state index contributed by atoms with van der Waals surface area (Å²) in [5, 5.41) is 9.34. The fourth-order valence-electron chi connectivity index (χ4n) is 2.53. The van der Waals surface area contributed by atoms with Crippen molar-refractivity contribution in [3.63, 3.8) is 0 Å². The number of carboxylic acids is 1. The van der Waals surface area contributed by atoms with Crippen molar-refractivity contribution >= 4 is 17.6 Å². The summed E-state index contributed by atoms with van der Waals surface area (Å²) >= 11 is 0. The predicted octanol–water partition coefficient (Wildman–Crippen LogP) is 2.29. The third-order valence-electron chi connectivity index (χ3n) is 3.88. The first kappa shape index (κ1) is 15.5. The van der Waals surface area contributed by atoms with Crippen molar-refractivity contribution in [1.82, 2.24) is 0 Å². The van der Waals surface area contributed by atoms with Gasteiger partial charge in [0.25, 0.3) is 5.91 Å². The molecule has 5 heteroatoms. The summed E-state index contributed by atoms with van der Waals surface area (Å²) in [5.41, 5.74) is 1.87. The molecule has 0 bridgehead atoms. The Morgan fingerprint density at radius 1 is 1.29 bits per heavy atom. The molecule has 2 rings (SSSR count). The number of aryl methyl sites for hydroxylation is 2. The zero-order valence-corrected chi connectivity index (χ0v) is 13.0. The summed E-state index contributed by atoms with van der Waals surface area (Å²) in [5.74, 6) is -1.34. The summed E-state index contributed by atoms with van der Waals surface area (Å²) in [6.45, 7) is 8.90. The molecular weight excluding hydrogens is 270 g/mol. The molecule has 1 fully saturated rings. The minimum Gasteiger partial charge on any atom is -0.480 e. The molecule has 1 saturated heterocycles. The second kappa shape index (κ2) is 5.15. The van der Waals surface area contributed by atoms with Gasteiger partial charge in [0.15, 0.2) is 6.10 Å². The summed E-state index contributed by atoms with van der Waals surface area (Å²) in [6, 6.07) is 4.68. The Bertz CT molecular complexity index is 574. The van der Waals surface area contributed by atoms with Crippen molar-refractivity contribution in [2.45, 2.75) is 52.4 Å². The average Bonchev–Trinajstić information content (AvgIpc) is 3.01. The average molecular weight is 291 g/mol. The zero-order valence-electron chi connectivity index (χ0n) is 13.0. The Labute approximate surface area is 124 Å². The van der Waals surface area contributed by atoms with Crippen LogP contribution in [0, 0.1) is 13.8 Å². The molecule has 1 aromatic carbocycles. The van der Waals surface area contributed by atoms with Gasteiger partial charge in [-0.25, -0.2) is 4.79 Å². The van der Waals surface area contributed by atoms with E-state index >= 15 is 0 Å². The Morgan fingerprint density at radius 2 is 1.76 bits per heavy atom. The van der Waals surface area contributed by atoms with Crippen LogP contribution in [0.1, 0.15) is 31.9 Å². The lowest BCUT2D eigenvalue weighted by molar-refractivity contribution is -0.139. The summed E-state index contributed by atoms with van der Waals surface area (Å²) in [7, 11) is 0. The first-order chi connectivity index (χ1) is 9.66. The van der Waals surface area contributed by atoms with E-state index in [0.29, 0.717) is 5.69 Å². The lowest BCUT2D eigenvalue weighted by atomic mass is 10.0. The fourth-order valence-corrected chi connectivity index (χ4v) is 2.53. The number of epoxide rings is 1. The number of ether oxygens (including phenoxy) is 1. The van der Waals surface area contributed by atoms with Crippen LogP contribution in [0.4, 0.5) is 5.69 Å². The van der Waals surface area contributed by atoms with Crippen LogP contribution in [0.5, 0.6) is 0 Å². The number of amides is 1. The van der Waals surface area contributed by atoms with E-state index in [9.17, 15) is 14.7 Å². The smallest absolute Gasteiger partial charge is 0.326 e. The Morgan fingerprint density at radius 3 is 2.14 bits per heavy atom. The van der Waals surface area contributed by atoms with Gasteiger partial charge in [0, 0.05) is 0 Å². The molecule has 5 nitrogen and oxygen atoms in total. The molecule has 1 amide bonds. The van der Waals surface area contributed by atoms with E-state index in [1.165, 1.54) is 11.8 Å². The van der Waals surface area contributed by atoms with Crippen molar-refractivity contribution in [3.05, 3.63) is 29.3 Å². The van der Waals surface area contributed by atoms with Gasteiger partial charge in [0.05, 0.1) is 11.3 Å². The Balaban J connectivity index is 2.47. The van der Waals surface area contributed by atoms with Crippen molar-refractivity contribution < 1.29 is 19.4 Å². The molecule has 2 atom stereocenters. The molecular formula is C16H21NO4. The van der Waals surface area contributed by atoms with Crippen molar-refractivity contribution in [2.75, 3.05) is 4.90 Å². The monoisotopic (exact) mass is 291 g/mol. The van der Waals surface area contributed by atoms with Crippen molar-refractivity contribution in [1.29, 1.82) is 0 Å². The highest BCUT2D eigenvalue weighted by molar-refractivity contribution is 6.04. The maximum atomic E-state index is 12.7. The second-order valence-corrected chi connectivity index (χ2v) is 6.06. The highest BCUT2D eigenvalue weighted by atomic mass is 16.6. The minimum atomic E-state index is -1.04. The lowest BCUT2D eigenvalue weighted by Crippen LogP contribution is -2.47. The summed E-state index contributed by atoms with van der Waals surface area (Å²) in [4.78, 5) is 25.5. The third-order valence-corrected chi connectivity index (χ3v) is 3.88. The number of benzene rings is 1. The number of carbonyl (C=O) groups is 2.